The number of benzene rings is 1. The van der Waals surface area contributed by atoms with Gasteiger partial charge in [-0.1, -0.05) is 6.92 Å². The lowest BCUT2D eigenvalue weighted by molar-refractivity contribution is 0.466. The van der Waals surface area contributed by atoms with Crippen molar-refractivity contribution < 1.29 is 4.74 Å². The minimum absolute atomic E-state index is 0.664. The fourth-order valence-corrected chi connectivity index (χ4v) is 4.87. The molecule has 0 radical (unpaired) electrons. The molecule has 1 atom stereocenters. The SMILES string of the molecule is C[C@@H]1CCc2c(sc3ncnc(Oc4ccc(-n5ccnc5)cc4)c23)C1. The van der Waals surface area contributed by atoms with E-state index in [9.17, 15) is 0 Å². The second-order valence-electron chi connectivity index (χ2n) is 6.78. The van der Waals surface area contributed by atoms with Crippen LogP contribution in [0.2, 0.25) is 0 Å². The normalized spacial score (nSPS) is 16.6. The van der Waals surface area contributed by atoms with Gasteiger partial charge in [-0.25, -0.2) is 15.0 Å². The average molecular weight is 362 g/mol. The van der Waals surface area contributed by atoms with Crippen LogP contribution < -0.4 is 4.74 Å². The van der Waals surface area contributed by atoms with E-state index in [-0.39, 0.29) is 0 Å². The molecule has 0 aliphatic heterocycles. The van der Waals surface area contributed by atoms with Crippen LogP contribution in [0.1, 0.15) is 23.8 Å². The second-order valence-corrected chi connectivity index (χ2v) is 7.86. The summed E-state index contributed by atoms with van der Waals surface area (Å²) in [5.41, 5.74) is 2.43. The van der Waals surface area contributed by atoms with Crippen molar-refractivity contribution in [2.45, 2.75) is 26.2 Å². The molecular weight excluding hydrogens is 344 g/mol. The molecule has 3 aromatic heterocycles. The summed E-state index contributed by atoms with van der Waals surface area (Å²) >= 11 is 1.79. The van der Waals surface area contributed by atoms with Crippen molar-refractivity contribution >= 4 is 21.6 Å². The molecule has 0 spiro atoms. The first-order chi connectivity index (χ1) is 12.8. The smallest absolute Gasteiger partial charge is 0.231 e. The lowest BCUT2D eigenvalue weighted by atomic mass is 9.89. The Bertz CT molecular complexity index is 1050. The summed E-state index contributed by atoms with van der Waals surface area (Å²) in [6, 6.07) is 7.95. The molecule has 0 saturated carbocycles. The van der Waals surface area contributed by atoms with Gasteiger partial charge in [0.1, 0.15) is 16.9 Å². The number of nitrogens with zero attached hydrogens (tertiary/aromatic N) is 4. The van der Waals surface area contributed by atoms with E-state index in [1.54, 1.807) is 30.2 Å². The van der Waals surface area contributed by atoms with Crippen molar-refractivity contribution in [3.05, 3.63) is 59.8 Å². The molecular formula is C20H18N4OS. The number of fused-ring (bicyclic) bond motifs is 3. The molecule has 4 aromatic rings. The molecule has 6 heteroatoms. The van der Waals surface area contributed by atoms with Crippen molar-refractivity contribution in [3.63, 3.8) is 0 Å². The third-order valence-corrected chi connectivity index (χ3v) is 6.07. The van der Waals surface area contributed by atoms with Gasteiger partial charge in [-0.15, -0.1) is 11.3 Å². The van der Waals surface area contributed by atoms with Crippen LogP contribution in [0.5, 0.6) is 11.6 Å². The van der Waals surface area contributed by atoms with Crippen LogP contribution in [0.3, 0.4) is 0 Å². The second kappa shape index (κ2) is 6.21. The van der Waals surface area contributed by atoms with Crippen LogP contribution in [0.25, 0.3) is 15.9 Å². The van der Waals surface area contributed by atoms with Gasteiger partial charge in [-0.05, 0) is 55.0 Å². The minimum atomic E-state index is 0.664. The molecule has 1 aliphatic carbocycles. The van der Waals surface area contributed by atoms with Gasteiger partial charge in [0.15, 0.2) is 0 Å². The molecule has 5 nitrogen and oxygen atoms in total. The van der Waals surface area contributed by atoms with E-state index in [0.717, 1.165) is 40.4 Å². The molecule has 5 rings (SSSR count). The number of rotatable bonds is 3. The standard InChI is InChI=1S/C20H18N4OS/c1-13-2-7-16-17(10-13)26-20-18(16)19(22-11-23-20)25-15-5-3-14(4-6-15)24-9-8-21-12-24/h3-6,8-9,11-13H,2,7,10H2,1H3/t13-/m1/s1. The fourth-order valence-electron chi connectivity index (χ4n) is 3.53. The maximum atomic E-state index is 6.15. The first kappa shape index (κ1) is 15.5. The number of ether oxygens (including phenoxy) is 1. The number of aryl methyl sites for hydroxylation is 1. The summed E-state index contributed by atoms with van der Waals surface area (Å²) in [5.74, 6) is 2.18. The molecule has 0 unspecified atom stereocenters. The monoisotopic (exact) mass is 362 g/mol. The van der Waals surface area contributed by atoms with E-state index in [1.807, 2.05) is 35.0 Å². The van der Waals surface area contributed by atoms with Gasteiger partial charge in [0.2, 0.25) is 5.88 Å². The van der Waals surface area contributed by atoms with Gasteiger partial charge in [-0.3, -0.25) is 0 Å². The highest BCUT2D eigenvalue weighted by Crippen LogP contribution is 2.41. The minimum Gasteiger partial charge on any atom is -0.438 e. The van der Waals surface area contributed by atoms with E-state index >= 15 is 0 Å². The average Bonchev–Trinajstić information content (AvgIpc) is 3.30. The van der Waals surface area contributed by atoms with Crippen LogP contribution in [0, 0.1) is 5.92 Å². The van der Waals surface area contributed by atoms with Crippen LogP contribution >= 0.6 is 11.3 Å². The summed E-state index contributed by atoms with van der Waals surface area (Å²) < 4.78 is 8.11. The number of imidazole rings is 1. The lowest BCUT2D eigenvalue weighted by Crippen LogP contribution is -2.08. The molecule has 0 amide bonds. The Morgan fingerprint density at radius 2 is 2.08 bits per heavy atom. The highest BCUT2D eigenvalue weighted by atomic mass is 32.1. The number of hydrogen-bond acceptors (Lipinski definition) is 5. The summed E-state index contributed by atoms with van der Waals surface area (Å²) in [6.45, 7) is 2.32. The highest BCUT2D eigenvalue weighted by molar-refractivity contribution is 7.18. The lowest BCUT2D eigenvalue weighted by Gasteiger charge is -2.18. The fraction of sp³-hybridized carbons (Fsp3) is 0.250. The van der Waals surface area contributed by atoms with Crippen molar-refractivity contribution in [1.29, 1.82) is 0 Å². The van der Waals surface area contributed by atoms with Gasteiger partial charge in [0, 0.05) is 23.0 Å². The largest absolute Gasteiger partial charge is 0.438 e. The molecule has 26 heavy (non-hydrogen) atoms. The Morgan fingerprint density at radius 3 is 2.88 bits per heavy atom. The molecule has 3 heterocycles. The molecule has 0 saturated heterocycles. The predicted molar refractivity (Wildman–Crippen MR) is 102 cm³/mol. The Kier molecular flexibility index (Phi) is 3.71. The van der Waals surface area contributed by atoms with E-state index < -0.39 is 0 Å². The summed E-state index contributed by atoms with van der Waals surface area (Å²) in [5, 5.41) is 1.10. The maximum Gasteiger partial charge on any atom is 0.231 e. The quantitative estimate of drug-likeness (QED) is 0.526. The molecule has 0 N–H and O–H groups in total. The number of hydrogen-bond donors (Lipinski definition) is 0. The number of thiophene rings is 1. The van der Waals surface area contributed by atoms with Crippen LogP contribution in [-0.4, -0.2) is 19.5 Å². The summed E-state index contributed by atoms with van der Waals surface area (Å²) in [4.78, 5) is 15.5. The highest BCUT2D eigenvalue weighted by Gasteiger charge is 2.23. The van der Waals surface area contributed by atoms with Gasteiger partial charge >= 0.3 is 0 Å². The third-order valence-electron chi connectivity index (χ3n) is 4.91. The van der Waals surface area contributed by atoms with Crippen molar-refractivity contribution in [1.82, 2.24) is 19.5 Å². The zero-order valence-electron chi connectivity index (χ0n) is 14.4. The maximum absolute atomic E-state index is 6.15. The van der Waals surface area contributed by atoms with E-state index in [0.29, 0.717) is 5.88 Å². The topological polar surface area (TPSA) is 52.8 Å². The van der Waals surface area contributed by atoms with Gasteiger partial charge in [-0.2, -0.15) is 0 Å². The molecule has 1 aromatic carbocycles. The first-order valence-corrected chi connectivity index (χ1v) is 9.61. The van der Waals surface area contributed by atoms with E-state index in [4.69, 9.17) is 4.74 Å². The van der Waals surface area contributed by atoms with Gasteiger partial charge in [0.25, 0.3) is 0 Å². The predicted octanol–water partition coefficient (Wildman–Crippen LogP) is 4.79. The molecule has 0 bridgehead atoms. The summed E-state index contributed by atoms with van der Waals surface area (Å²) in [7, 11) is 0. The first-order valence-electron chi connectivity index (χ1n) is 8.79. The van der Waals surface area contributed by atoms with Crippen molar-refractivity contribution in [3.8, 4) is 17.3 Å². The van der Waals surface area contributed by atoms with Crippen LogP contribution in [0.4, 0.5) is 0 Å². The Labute approximate surface area is 155 Å². The van der Waals surface area contributed by atoms with E-state index in [2.05, 4.69) is 21.9 Å². The van der Waals surface area contributed by atoms with E-state index in [1.165, 1.54) is 16.9 Å². The summed E-state index contributed by atoms with van der Waals surface area (Å²) in [6.07, 6.45) is 10.5. The van der Waals surface area contributed by atoms with Crippen LogP contribution in [-0.2, 0) is 12.8 Å². The van der Waals surface area contributed by atoms with Crippen molar-refractivity contribution in [2.24, 2.45) is 5.92 Å². The zero-order chi connectivity index (χ0) is 17.5. The Hall–Kier alpha value is -2.73. The third kappa shape index (κ3) is 2.66. The van der Waals surface area contributed by atoms with Gasteiger partial charge < -0.3 is 9.30 Å². The van der Waals surface area contributed by atoms with Crippen molar-refractivity contribution in [2.75, 3.05) is 0 Å². The van der Waals surface area contributed by atoms with Crippen LogP contribution in [0.15, 0.2) is 49.3 Å². The molecule has 130 valence electrons. The Morgan fingerprint density at radius 1 is 1.19 bits per heavy atom. The molecule has 1 aliphatic rings. The molecule has 0 fully saturated rings. The number of aromatic nitrogens is 4. The zero-order valence-corrected chi connectivity index (χ0v) is 15.2. The Balaban J connectivity index is 1.50. The van der Waals surface area contributed by atoms with Gasteiger partial charge in [0.05, 0.1) is 11.7 Å².